The van der Waals surface area contributed by atoms with Gasteiger partial charge >= 0.3 is 6.09 Å². The number of amides is 2. The van der Waals surface area contributed by atoms with Gasteiger partial charge in [0, 0.05) is 11.6 Å². The summed E-state index contributed by atoms with van der Waals surface area (Å²) in [5, 5.41) is 28.6. The first-order chi connectivity index (χ1) is 22.8. The van der Waals surface area contributed by atoms with Crippen LogP contribution in [0.4, 0.5) is 4.79 Å². The number of nitrogens with one attached hydrogen (secondary N) is 3. The molecule has 0 aliphatic carbocycles. The Morgan fingerprint density at radius 3 is 2.47 bits per heavy atom. The number of aryl methyl sites for hydroxylation is 2. The molecule has 0 spiro atoms. The Kier molecular flexibility index (Phi) is 10.3. The second kappa shape index (κ2) is 14.9. The Bertz CT molecular complexity index is 1650. The molecule has 3 heterocycles. The maximum Gasteiger partial charge on any atom is 0.407 e. The van der Waals surface area contributed by atoms with E-state index in [9.17, 15) is 14.7 Å². The van der Waals surface area contributed by atoms with Crippen LogP contribution in [0.3, 0.4) is 0 Å². The highest BCUT2D eigenvalue weighted by Gasteiger charge is 2.44. The molecule has 6 rings (SSSR count). The average molecular weight is 644 g/mol. The summed E-state index contributed by atoms with van der Waals surface area (Å²) in [6.45, 7) is 4.40. The number of carbonyl (C=O) groups is 2. The van der Waals surface area contributed by atoms with Gasteiger partial charge in [0.2, 0.25) is 0 Å². The molecule has 0 bridgehead atoms. The average Bonchev–Trinajstić information content (AvgIpc) is 3.81. The highest BCUT2D eigenvalue weighted by atomic mass is 16.7. The maximum atomic E-state index is 13.3. The van der Waals surface area contributed by atoms with E-state index in [0.717, 1.165) is 34.2 Å². The number of aliphatic hydroxyl groups excluding tert-OH is 1. The molecule has 6 atom stereocenters. The molecule has 2 fully saturated rings. The predicted molar refractivity (Wildman–Crippen MR) is 173 cm³/mol. The quantitative estimate of drug-likeness (QED) is 0.171. The normalized spacial score (nSPS) is 20.7. The van der Waals surface area contributed by atoms with Gasteiger partial charge in [-0.25, -0.2) is 4.79 Å². The van der Waals surface area contributed by atoms with Crippen molar-refractivity contribution in [2.45, 2.75) is 70.1 Å². The Morgan fingerprint density at radius 1 is 1.00 bits per heavy atom. The van der Waals surface area contributed by atoms with Crippen LogP contribution in [0.2, 0.25) is 0 Å². The van der Waals surface area contributed by atoms with Crippen LogP contribution in [-0.4, -0.2) is 82.9 Å². The van der Waals surface area contributed by atoms with Crippen LogP contribution in [0.5, 0.6) is 5.75 Å². The number of hydrogen-bond donors (Lipinski definition) is 4. The van der Waals surface area contributed by atoms with Gasteiger partial charge in [0.15, 0.2) is 12.9 Å². The Balaban J connectivity index is 1.14. The molecule has 3 aromatic carbocycles. The molecule has 0 radical (unpaired) electrons. The van der Waals surface area contributed by atoms with Crippen molar-refractivity contribution >= 4 is 23.0 Å². The highest BCUT2D eigenvalue weighted by molar-refractivity contribution is 5.82. The molecule has 0 saturated carbocycles. The summed E-state index contributed by atoms with van der Waals surface area (Å²) in [5.41, 5.74) is 4.98. The minimum absolute atomic E-state index is 0.00336. The SMILES string of the molecule is Cc1cc2n[nH]nc2c(C)c1OCC(=O)N[C@@H](Cc1ccccc1)C[C@H](O)[C@H](Cc1ccccc1)NC(=O)O[C@H]1COC2OCCC21. The van der Waals surface area contributed by atoms with Crippen LogP contribution in [-0.2, 0) is 31.8 Å². The molecule has 2 amide bonds. The van der Waals surface area contributed by atoms with Crippen LogP contribution in [0.15, 0.2) is 66.7 Å². The lowest BCUT2D eigenvalue weighted by molar-refractivity contribution is -0.124. The first-order valence-corrected chi connectivity index (χ1v) is 16.0. The summed E-state index contributed by atoms with van der Waals surface area (Å²) in [4.78, 5) is 26.4. The zero-order chi connectivity index (χ0) is 32.8. The zero-order valence-corrected chi connectivity index (χ0v) is 26.6. The number of aromatic amines is 1. The number of ether oxygens (including phenoxy) is 4. The second-order valence-corrected chi connectivity index (χ2v) is 12.3. The van der Waals surface area contributed by atoms with Crippen molar-refractivity contribution in [1.82, 2.24) is 26.0 Å². The maximum absolute atomic E-state index is 13.3. The molecule has 4 N–H and O–H groups in total. The van der Waals surface area contributed by atoms with Crippen molar-refractivity contribution in [2.75, 3.05) is 19.8 Å². The van der Waals surface area contributed by atoms with Crippen molar-refractivity contribution in [2.24, 2.45) is 5.92 Å². The lowest BCUT2D eigenvalue weighted by Gasteiger charge is -2.29. The Morgan fingerprint density at radius 2 is 1.72 bits per heavy atom. The van der Waals surface area contributed by atoms with Gasteiger partial charge in [-0.05, 0) is 62.3 Å². The molecular formula is C35H41N5O7. The fraction of sp³-hybridized carbons (Fsp3) is 0.429. The largest absolute Gasteiger partial charge is 0.483 e. The fourth-order valence-electron chi connectivity index (χ4n) is 6.49. The number of fused-ring (bicyclic) bond motifs is 2. The third-order valence-corrected chi connectivity index (χ3v) is 8.86. The van der Waals surface area contributed by atoms with Crippen molar-refractivity contribution in [3.8, 4) is 5.75 Å². The van der Waals surface area contributed by atoms with Crippen LogP contribution in [0.25, 0.3) is 11.0 Å². The number of benzene rings is 3. The highest BCUT2D eigenvalue weighted by Crippen LogP contribution is 2.33. The van der Waals surface area contributed by atoms with Gasteiger partial charge in [-0.1, -0.05) is 60.7 Å². The van der Waals surface area contributed by atoms with Gasteiger partial charge in [-0.15, -0.1) is 0 Å². The molecule has 2 aliphatic rings. The Hall–Kier alpha value is -4.52. The van der Waals surface area contributed by atoms with Gasteiger partial charge in [-0.2, -0.15) is 15.4 Å². The lowest BCUT2D eigenvalue weighted by Crippen LogP contribution is -2.50. The van der Waals surface area contributed by atoms with Crippen LogP contribution < -0.4 is 15.4 Å². The minimum atomic E-state index is -1.01. The summed E-state index contributed by atoms with van der Waals surface area (Å²) in [6, 6.07) is 20.1. The van der Waals surface area contributed by atoms with E-state index in [-0.39, 0.29) is 37.7 Å². The number of alkyl carbamates (subject to hydrolysis) is 1. The smallest absolute Gasteiger partial charge is 0.407 e. The zero-order valence-electron chi connectivity index (χ0n) is 26.6. The number of carbonyl (C=O) groups excluding carboxylic acids is 2. The van der Waals surface area contributed by atoms with Crippen molar-refractivity contribution < 1.29 is 33.6 Å². The lowest BCUT2D eigenvalue weighted by atomic mass is 9.93. The monoisotopic (exact) mass is 643 g/mol. The van der Waals surface area contributed by atoms with Gasteiger partial charge in [-0.3, -0.25) is 4.79 Å². The second-order valence-electron chi connectivity index (χ2n) is 12.3. The molecule has 12 heteroatoms. The molecule has 2 saturated heterocycles. The molecule has 2 aliphatic heterocycles. The molecular weight excluding hydrogens is 602 g/mol. The number of nitrogens with zero attached hydrogens (tertiary/aromatic N) is 2. The summed E-state index contributed by atoms with van der Waals surface area (Å²) >= 11 is 0. The van der Waals surface area contributed by atoms with Gasteiger partial charge < -0.3 is 34.7 Å². The summed E-state index contributed by atoms with van der Waals surface area (Å²) in [7, 11) is 0. The number of hydrogen-bond acceptors (Lipinski definition) is 9. The van der Waals surface area contributed by atoms with E-state index in [4.69, 9.17) is 18.9 Å². The number of rotatable bonds is 13. The van der Waals surface area contributed by atoms with E-state index in [2.05, 4.69) is 26.0 Å². The van der Waals surface area contributed by atoms with Gasteiger partial charge in [0.25, 0.3) is 5.91 Å². The molecule has 47 heavy (non-hydrogen) atoms. The van der Waals surface area contributed by atoms with E-state index >= 15 is 0 Å². The van der Waals surface area contributed by atoms with Gasteiger partial charge in [0.05, 0.1) is 31.3 Å². The van der Waals surface area contributed by atoms with E-state index in [1.54, 1.807) is 0 Å². The fourth-order valence-corrected chi connectivity index (χ4v) is 6.49. The molecule has 2 unspecified atom stereocenters. The van der Waals surface area contributed by atoms with E-state index < -0.39 is 30.4 Å². The van der Waals surface area contributed by atoms with Gasteiger partial charge in [0.1, 0.15) is 22.9 Å². The summed E-state index contributed by atoms with van der Waals surface area (Å²) < 4.78 is 22.9. The first-order valence-electron chi connectivity index (χ1n) is 16.0. The number of H-pyrrole nitrogens is 1. The topological polar surface area (TPSA) is 157 Å². The van der Waals surface area contributed by atoms with Crippen molar-refractivity contribution in [3.63, 3.8) is 0 Å². The van der Waals surface area contributed by atoms with Crippen LogP contribution in [0, 0.1) is 19.8 Å². The number of aliphatic hydroxyl groups is 1. The standard InChI is InChI=1S/C35H41N5O7/c1-21-15-28-32(39-40-38-28)22(2)33(21)45-20-31(42)36-25(16-23-9-5-3-6-10-23)18-29(41)27(17-24-11-7-4-8-12-24)37-35(43)47-30-19-46-34-26(30)13-14-44-34/h3-12,15,25-27,29-30,34,41H,13-14,16-20H2,1-2H3,(H,36,42)(H,37,43)(H,38,39,40)/t25-,26?,27-,29-,30-,34?/m0/s1. The van der Waals surface area contributed by atoms with E-state index in [1.807, 2.05) is 80.6 Å². The molecule has 1 aromatic heterocycles. The van der Waals surface area contributed by atoms with Crippen LogP contribution in [0.1, 0.15) is 35.1 Å². The minimum Gasteiger partial charge on any atom is -0.483 e. The van der Waals surface area contributed by atoms with E-state index in [0.29, 0.717) is 30.7 Å². The predicted octanol–water partition coefficient (Wildman–Crippen LogP) is 3.53. The third kappa shape index (κ3) is 8.07. The third-order valence-electron chi connectivity index (χ3n) is 8.86. The van der Waals surface area contributed by atoms with Crippen molar-refractivity contribution in [3.05, 3.63) is 89.0 Å². The van der Waals surface area contributed by atoms with Crippen molar-refractivity contribution in [1.29, 1.82) is 0 Å². The number of aromatic nitrogens is 3. The summed E-state index contributed by atoms with van der Waals surface area (Å²) in [5.74, 6) is 0.241. The molecule has 12 nitrogen and oxygen atoms in total. The summed E-state index contributed by atoms with van der Waals surface area (Å²) in [6.07, 6.45) is -0.633. The first kappa shape index (κ1) is 32.4. The van der Waals surface area contributed by atoms with E-state index in [1.165, 1.54) is 0 Å². The molecule has 248 valence electrons. The molecule has 4 aromatic rings. The van der Waals surface area contributed by atoms with Crippen LogP contribution >= 0.6 is 0 Å². The Labute approximate surface area is 273 Å².